The number of oxazole rings is 1. The van der Waals surface area contributed by atoms with Gasteiger partial charge in [-0.2, -0.15) is 0 Å². The summed E-state index contributed by atoms with van der Waals surface area (Å²) in [5, 5.41) is 8.71. The Kier molecular flexibility index (Phi) is 3.06. The molecule has 0 atom stereocenters. The Morgan fingerprint density at radius 2 is 2.15 bits per heavy atom. The minimum absolute atomic E-state index is 0.0357. The monoisotopic (exact) mass is 275 g/mol. The van der Waals surface area contributed by atoms with E-state index in [1.54, 1.807) is 19.1 Å². The van der Waals surface area contributed by atoms with Gasteiger partial charge < -0.3 is 19.0 Å². The van der Waals surface area contributed by atoms with Crippen molar-refractivity contribution in [2.75, 3.05) is 6.79 Å². The number of rotatable bonds is 4. The van der Waals surface area contributed by atoms with E-state index in [1.165, 1.54) is 0 Å². The summed E-state index contributed by atoms with van der Waals surface area (Å²) in [5.41, 5.74) is 1.44. The first-order valence-corrected chi connectivity index (χ1v) is 6.21. The molecule has 20 heavy (non-hydrogen) atoms. The number of aliphatic carboxylic acids is 1. The fraction of sp³-hybridized carbons (Fsp3) is 0.286. The van der Waals surface area contributed by atoms with Crippen molar-refractivity contribution in [3.63, 3.8) is 0 Å². The molecule has 0 bridgehead atoms. The van der Waals surface area contributed by atoms with E-state index in [-0.39, 0.29) is 13.2 Å². The average molecular weight is 275 g/mol. The lowest BCUT2D eigenvalue weighted by atomic mass is 10.2. The predicted octanol–water partition coefficient (Wildman–Crippen LogP) is 2.40. The fourth-order valence-corrected chi connectivity index (χ4v) is 2.04. The highest BCUT2D eigenvalue weighted by Crippen LogP contribution is 2.36. The van der Waals surface area contributed by atoms with Crippen LogP contribution in [0.25, 0.3) is 11.5 Å². The Morgan fingerprint density at radius 1 is 1.35 bits per heavy atom. The molecule has 3 rings (SSSR count). The normalized spacial score (nSPS) is 12.7. The van der Waals surface area contributed by atoms with Crippen LogP contribution in [0.15, 0.2) is 22.6 Å². The molecule has 1 aliphatic rings. The topological polar surface area (TPSA) is 81.8 Å². The van der Waals surface area contributed by atoms with Crippen molar-refractivity contribution in [3.05, 3.63) is 29.7 Å². The average Bonchev–Trinajstić information content (AvgIpc) is 3.01. The van der Waals surface area contributed by atoms with Crippen LogP contribution in [-0.4, -0.2) is 22.9 Å². The summed E-state index contributed by atoms with van der Waals surface area (Å²) in [5.74, 6) is 1.60. The third-order valence-electron chi connectivity index (χ3n) is 3.09. The molecule has 0 saturated heterocycles. The number of ether oxygens (including phenoxy) is 2. The van der Waals surface area contributed by atoms with Crippen LogP contribution >= 0.6 is 0 Å². The standard InChI is InChI=1S/C14H13NO5/c1-8-10(3-5-13(16)17)15-14(20-8)9-2-4-11-12(6-9)19-7-18-11/h2,4,6H,3,5,7H2,1H3,(H,16,17). The molecule has 0 amide bonds. The molecule has 0 aliphatic carbocycles. The molecule has 2 aromatic rings. The fourth-order valence-electron chi connectivity index (χ4n) is 2.04. The van der Waals surface area contributed by atoms with Crippen molar-refractivity contribution in [3.8, 4) is 23.0 Å². The molecule has 104 valence electrons. The molecule has 1 aromatic heterocycles. The first-order valence-electron chi connectivity index (χ1n) is 6.21. The Hall–Kier alpha value is -2.50. The second-order valence-corrected chi connectivity index (χ2v) is 4.48. The Bertz CT molecular complexity index is 662. The van der Waals surface area contributed by atoms with Gasteiger partial charge in [0.05, 0.1) is 12.1 Å². The molecule has 2 heterocycles. The van der Waals surface area contributed by atoms with Crippen LogP contribution in [-0.2, 0) is 11.2 Å². The van der Waals surface area contributed by atoms with Crippen molar-refractivity contribution in [2.45, 2.75) is 19.8 Å². The maximum Gasteiger partial charge on any atom is 0.303 e. The summed E-state index contributed by atoms with van der Waals surface area (Å²) in [4.78, 5) is 15.0. The minimum atomic E-state index is -0.850. The van der Waals surface area contributed by atoms with Gasteiger partial charge >= 0.3 is 5.97 Å². The highest BCUT2D eigenvalue weighted by molar-refractivity contribution is 5.67. The van der Waals surface area contributed by atoms with Gasteiger partial charge in [-0.3, -0.25) is 4.79 Å². The Labute approximate surface area is 115 Å². The molecule has 0 spiro atoms. The second-order valence-electron chi connectivity index (χ2n) is 4.48. The lowest BCUT2D eigenvalue weighted by Crippen LogP contribution is -1.98. The minimum Gasteiger partial charge on any atom is -0.481 e. The van der Waals surface area contributed by atoms with Crippen LogP contribution in [0.1, 0.15) is 17.9 Å². The van der Waals surface area contributed by atoms with Crippen LogP contribution in [0.4, 0.5) is 0 Å². The van der Waals surface area contributed by atoms with Gasteiger partial charge in [0.15, 0.2) is 11.5 Å². The lowest BCUT2D eigenvalue weighted by Gasteiger charge is -1.98. The second kappa shape index (κ2) is 4.88. The van der Waals surface area contributed by atoms with E-state index in [9.17, 15) is 4.79 Å². The van der Waals surface area contributed by atoms with Gasteiger partial charge in [0.2, 0.25) is 12.7 Å². The summed E-state index contributed by atoms with van der Waals surface area (Å²) < 4.78 is 16.1. The zero-order valence-corrected chi connectivity index (χ0v) is 10.9. The first-order chi connectivity index (χ1) is 9.63. The molecule has 0 unspecified atom stereocenters. The molecule has 0 radical (unpaired) electrons. The predicted molar refractivity (Wildman–Crippen MR) is 68.8 cm³/mol. The zero-order chi connectivity index (χ0) is 14.1. The maximum atomic E-state index is 10.6. The number of fused-ring (bicyclic) bond motifs is 1. The third kappa shape index (κ3) is 2.32. The number of hydrogen-bond donors (Lipinski definition) is 1. The van der Waals surface area contributed by atoms with Crippen molar-refractivity contribution in [1.29, 1.82) is 0 Å². The summed E-state index contributed by atoms with van der Waals surface area (Å²) in [7, 11) is 0. The van der Waals surface area contributed by atoms with Crippen molar-refractivity contribution >= 4 is 5.97 Å². The van der Waals surface area contributed by atoms with Gasteiger partial charge in [-0.05, 0) is 25.1 Å². The van der Waals surface area contributed by atoms with E-state index < -0.39 is 5.97 Å². The van der Waals surface area contributed by atoms with Gasteiger partial charge in [-0.25, -0.2) is 4.98 Å². The first kappa shape index (κ1) is 12.5. The molecule has 0 saturated carbocycles. The van der Waals surface area contributed by atoms with E-state index >= 15 is 0 Å². The van der Waals surface area contributed by atoms with Crippen molar-refractivity contribution in [1.82, 2.24) is 4.98 Å². The van der Waals surface area contributed by atoms with Crippen LogP contribution in [0.3, 0.4) is 0 Å². The SMILES string of the molecule is Cc1oc(-c2ccc3c(c2)OCO3)nc1CCC(=O)O. The number of carboxylic acid groups (broad SMARTS) is 1. The number of benzene rings is 1. The largest absolute Gasteiger partial charge is 0.481 e. The van der Waals surface area contributed by atoms with Gasteiger partial charge in [-0.15, -0.1) is 0 Å². The van der Waals surface area contributed by atoms with Gasteiger partial charge in [0, 0.05) is 12.0 Å². The highest BCUT2D eigenvalue weighted by Gasteiger charge is 2.17. The molecular formula is C14H13NO5. The number of aryl methyl sites for hydroxylation is 2. The van der Waals surface area contributed by atoms with E-state index in [2.05, 4.69) is 4.98 Å². The van der Waals surface area contributed by atoms with Gasteiger partial charge in [0.25, 0.3) is 0 Å². The number of aromatic nitrogens is 1. The molecule has 1 N–H and O–H groups in total. The summed E-state index contributed by atoms with van der Waals surface area (Å²) in [6.45, 7) is 1.99. The van der Waals surface area contributed by atoms with Crippen LogP contribution in [0, 0.1) is 6.92 Å². The lowest BCUT2D eigenvalue weighted by molar-refractivity contribution is -0.136. The molecule has 0 fully saturated rings. The number of nitrogens with zero attached hydrogens (tertiary/aromatic N) is 1. The van der Waals surface area contributed by atoms with E-state index in [4.69, 9.17) is 19.0 Å². The summed E-state index contributed by atoms with van der Waals surface area (Å²) >= 11 is 0. The van der Waals surface area contributed by atoms with E-state index in [0.29, 0.717) is 35.3 Å². The van der Waals surface area contributed by atoms with E-state index in [0.717, 1.165) is 5.56 Å². The summed E-state index contributed by atoms with van der Waals surface area (Å²) in [6, 6.07) is 5.43. The number of hydrogen-bond acceptors (Lipinski definition) is 5. The van der Waals surface area contributed by atoms with Crippen LogP contribution in [0.2, 0.25) is 0 Å². The zero-order valence-electron chi connectivity index (χ0n) is 10.9. The van der Waals surface area contributed by atoms with Crippen LogP contribution in [0.5, 0.6) is 11.5 Å². The van der Waals surface area contributed by atoms with Gasteiger partial charge in [-0.1, -0.05) is 0 Å². The Balaban J connectivity index is 1.87. The van der Waals surface area contributed by atoms with Crippen LogP contribution < -0.4 is 9.47 Å². The maximum absolute atomic E-state index is 10.6. The quantitative estimate of drug-likeness (QED) is 0.922. The third-order valence-corrected chi connectivity index (χ3v) is 3.09. The highest BCUT2D eigenvalue weighted by atomic mass is 16.7. The number of carboxylic acids is 1. The smallest absolute Gasteiger partial charge is 0.303 e. The van der Waals surface area contributed by atoms with Gasteiger partial charge in [0.1, 0.15) is 5.76 Å². The molecule has 6 nitrogen and oxygen atoms in total. The molecular weight excluding hydrogens is 262 g/mol. The molecule has 6 heteroatoms. The molecule has 1 aliphatic heterocycles. The Morgan fingerprint density at radius 3 is 2.95 bits per heavy atom. The van der Waals surface area contributed by atoms with E-state index in [1.807, 2.05) is 6.07 Å². The summed E-state index contributed by atoms with van der Waals surface area (Å²) in [6.07, 6.45) is 0.392. The van der Waals surface area contributed by atoms with Crippen molar-refractivity contribution in [2.24, 2.45) is 0 Å². The van der Waals surface area contributed by atoms with Crippen molar-refractivity contribution < 1.29 is 23.8 Å². The number of carbonyl (C=O) groups is 1. The molecule has 1 aromatic carbocycles.